The summed E-state index contributed by atoms with van der Waals surface area (Å²) >= 11 is 0. The topological polar surface area (TPSA) is 722 Å². The average molecular weight is 1640 g/mol. The fourth-order valence-electron chi connectivity index (χ4n) is 11.8. The zero-order chi connectivity index (χ0) is 86.2. The van der Waals surface area contributed by atoms with Crippen molar-refractivity contribution in [3.8, 4) is 0 Å². The third kappa shape index (κ3) is 35.0. The summed E-state index contributed by atoms with van der Waals surface area (Å²) in [6.07, 6.45) is -11.6. The van der Waals surface area contributed by atoms with Crippen molar-refractivity contribution in [1.82, 2.24) is 68.7 Å². The van der Waals surface area contributed by atoms with Crippen molar-refractivity contribution in [2.75, 3.05) is 59.0 Å². The summed E-state index contributed by atoms with van der Waals surface area (Å²) in [5.41, 5.74) is 23.2. The number of benzene rings is 1. The lowest BCUT2D eigenvalue weighted by Crippen LogP contribution is -2.60. The van der Waals surface area contributed by atoms with Crippen LogP contribution in [0.5, 0.6) is 0 Å². The summed E-state index contributed by atoms with van der Waals surface area (Å²) < 4.78 is 11.3. The molecule has 14 amide bonds. The lowest BCUT2D eigenvalue weighted by atomic mass is 9.96. The molecule has 28 N–H and O–H groups in total. The first-order valence-corrected chi connectivity index (χ1v) is 37.6. The highest BCUT2D eigenvalue weighted by molar-refractivity contribution is 5.98. The highest BCUT2D eigenvalue weighted by atomic mass is 16.7. The average Bonchev–Trinajstić information content (AvgIpc) is 1.82. The Labute approximate surface area is 661 Å². The maximum Gasteiger partial charge on any atom is 0.328 e. The van der Waals surface area contributed by atoms with Crippen LogP contribution in [0.15, 0.2) is 42.5 Å². The monoisotopic (exact) mass is 1640 g/mol. The van der Waals surface area contributed by atoms with E-state index in [9.17, 15) is 122 Å². The van der Waals surface area contributed by atoms with Gasteiger partial charge in [0, 0.05) is 38.9 Å². The van der Waals surface area contributed by atoms with Gasteiger partial charge in [0.15, 0.2) is 12.3 Å². The highest BCUT2D eigenvalue weighted by Gasteiger charge is 2.45. The van der Waals surface area contributed by atoms with Crippen molar-refractivity contribution < 1.29 is 132 Å². The third-order valence-corrected chi connectivity index (χ3v) is 18.7. The quantitative estimate of drug-likeness (QED) is 0.0213. The second-order valence-corrected chi connectivity index (χ2v) is 27.6. The second kappa shape index (κ2) is 51.4. The van der Waals surface area contributed by atoms with Crippen LogP contribution in [0.1, 0.15) is 123 Å². The fraction of sp³-hybridized carbons (Fsp3) is 0.648. The number of carboxylic acid groups (broad SMARTS) is 3. The van der Waals surface area contributed by atoms with Crippen LogP contribution in [-0.4, -0.2) is 303 Å². The first kappa shape index (κ1) is 98.7. The number of hydrogen-bond donors (Lipinski definition) is 24. The Bertz CT molecular complexity index is 3490. The molecule has 1 aromatic carbocycles. The minimum absolute atomic E-state index is 0.00976. The number of carbonyl (C=O) groups is 17. The van der Waals surface area contributed by atoms with E-state index < -0.39 is 269 Å². The van der Waals surface area contributed by atoms with Crippen LogP contribution in [0.3, 0.4) is 0 Å². The second-order valence-electron chi connectivity index (χ2n) is 27.6. The van der Waals surface area contributed by atoms with E-state index in [1.807, 2.05) is 5.32 Å². The molecule has 2 aliphatic rings. The summed E-state index contributed by atoms with van der Waals surface area (Å²) in [4.78, 5) is 225. The molecule has 644 valence electrons. The molecule has 2 fully saturated rings. The van der Waals surface area contributed by atoms with E-state index in [1.54, 1.807) is 44.2 Å². The number of aliphatic carboxylic acids is 3. The van der Waals surface area contributed by atoms with Crippen molar-refractivity contribution in [1.29, 1.82) is 0 Å². The first-order valence-electron chi connectivity index (χ1n) is 37.6. The standard InChI is InChI=1S/C71H113N17O27/c1-5-36(2)56(86-50(92)31-74)69(111)80-37(3)61(103)76-27-11-15-40(29-39-13-7-6-8-14-39)62(104)83-43(19-18-41(30-73)114-71-60(102)59(101)58(100)48(35-89)115-71)64(106)78-33-51(93)81-45(21-24-54(96)97)66(108)84-44(20-23-49(75)91)65(107)79-34-53(95)88-28-12-17-47(88)68(110)85-42(16-9-10-26-72)63(105)77-32-52(94)82-46(22-25-55(98)99)67(109)87-57(38(4)90)70(112)113/h6-8,11,13-15,36-38,40-48,56-60,71,89-90,100-102H,5,9-10,12,16-35,72-74H2,1-4H3,(H2,75,91)(H,76,103)(H,77,105)(H,78,106)(H,79,107)(H,80,111)(H,81,93)(H,82,94)(H,83,104)(H,84,108)(H,85,110)(H,86,92)(H,87,109)(H,96,97)(H,98,99)(H,112,113)/b15-11+/t36-,37-,38+,40-,41+,42-,43?,44-,45-,46-,47-,48+,56-,57-,58-,59-,60+,71+/m0/s1. The number of amides is 14. The SMILES string of the molecule is CC[C@H](C)[C@H](NC(=O)CN)C(=O)N[C@@H](C)C(=O)NC/C=C/[C@@H](Cc1ccccc1)C(=O)NC(CC[C@H](CN)O[C@@H]1O[C@H](CO)[C@H](O)[C@H](O)[C@H]1O)C(=O)NCC(=O)N[C@@H](CCC(=O)O)C(=O)N[C@@H](CCC(N)=O)C(=O)NCC(=O)N1CCC[C@H]1C(=O)N[C@@H](CCCCN)C(=O)NCC(=O)N[C@@H](CCC(=O)O)C(=O)N[C@H](C(=O)O)[C@@H](C)O. The van der Waals surface area contributed by atoms with Gasteiger partial charge in [-0.1, -0.05) is 62.8 Å². The summed E-state index contributed by atoms with van der Waals surface area (Å²) in [5.74, 6) is -19.0. The van der Waals surface area contributed by atoms with Crippen molar-refractivity contribution in [3.63, 3.8) is 0 Å². The Hall–Kier alpha value is -10.4. The Balaban J connectivity index is 1.85. The minimum atomic E-state index is -1.88. The van der Waals surface area contributed by atoms with Crippen molar-refractivity contribution in [2.45, 2.75) is 221 Å². The first-order chi connectivity index (χ1) is 54.4. The Morgan fingerprint density at radius 2 is 1.13 bits per heavy atom. The smallest absolute Gasteiger partial charge is 0.328 e. The Kier molecular flexibility index (Phi) is 44.1. The van der Waals surface area contributed by atoms with Gasteiger partial charge in [0.2, 0.25) is 82.7 Å². The number of aliphatic hydroxyl groups excluding tert-OH is 5. The van der Waals surface area contributed by atoms with E-state index in [4.69, 9.17) is 32.4 Å². The van der Waals surface area contributed by atoms with Crippen molar-refractivity contribution >= 4 is 101 Å². The number of rotatable bonds is 53. The molecule has 0 aliphatic carbocycles. The molecule has 3 rings (SSSR count). The summed E-state index contributed by atoms with van der Waals surface area (Å²) in [6, 6.07) is -4.89. The van der Waals surface area contributed by atoms with Gasteiger partial charge in [0.05, 0.1) is 50.9 Å². The van der Waals surface area contributed by atoms with Crippen molar-refractivity contribution in [3.05, 3.63) is 48.0 Å². The highest BCUT2D eigenvalue weighted by Crippen LogP contribution is 2.25. The van der Waals surface area contributed by atoms with Gasteiger partial charge < -0.3 is 142 Å². The molecule has 18 atom stereocenters. The van der Waals surface area contributed by atoms with E-state index in [0.717, 1.165) is 11.8 Å². The number of nitrogens with two attached hydrogens (primary N) is 4. The van der Waals surface area contributed by atoms with E-state index in [2.05, 4.69) is 58.5 Å². The summed E-state index contributed by atoms with van der Waals surface area (Å²) in [5, 5.41) is 108. The predicted molar refractivity (Wildman–Crippen MR) is 400 cm³/mol. The molecule has 0 bridgehead atoms. The van der Waals surface area contributed by atoms with Gasteiger partial charge in [-0.2, -0.15) is 0 Å². The van der Waals surface area contributed by atoms with Crippen LogP contribution in [0.2, 0.25) is 0 Å². The number of primary amides is 1. The molecular formula is C71H113N17O27. The number of carboxylic acids is 3. The molecule has 0 radical (unpaired) electrons. The molecule has 0 saturated carbocycles. The molecule has 2 heterocycles. The third-order valence-electron chi connectivity index (χ3n) is 18.7. The number of likely N-dealkylation sites (tertiary alicyclic amines) is 1. The number of carbonyl (C=O) groups excluding carboxylic acids is 14. The number of unbranched alkanes of at least 4 members (excludes halogenated alkanes) is 1. The molecule has 1 aromatic rings. The summed E-state index contributed by atoms with van der Waals surface area (Å²) in [7, 11) is 0. The molecule has 115 heavy (non-hydrogen) atoms. The predicted octanol–water partition coefficient (Wildman–Crippen LogP) is -9.73. The number of nitrogens with one attached hydrogen (secondary N) is 12. The minimum Gasteiger partial charge on any atom is -0.481 e. The molecule has 2 saturated heterocycles. The van der Waals surface area contributed by atoms with Gasteiger partial charge in [-0.05, 0) is 103 Å². The number of nitrogens with zero attached hydrogens (tertiary/aromatic N) is 1. The lowest BCUT2D eigenvalue weighted by molar-refractivity contribution is -0.310. The molecule has 0 spiro atoms. The zero-order valence-corrected chi connectivity index (χ0v) is 64.5. The van der Waals surface area contributed by atoms with Gasteiger partial charge in [-0.15, -0.1) is 0 Å². The van der Waals surface area contributed by atoms with Crippen LogP contribution < -0.4 is 86.7 Å². The molecular weight excluding hydrogens is 1520 g/mol. The molecule has 44 heteroatoms. The van der Waals surface area contributed by atoms with Crippen LogP contribution in [0, 0.1) is 11.8 Å². The van der Waals surface area contributed by atoms with Gasteiger partial charge in [-0.25, -0.2) is 4.79 Å². The van der Waals surface area contributed by atoms with Crippen molar-refractivity contribution in [2.24, 2.45) is 34.8 Å². The molecule has 0 aromatic heterocycles. The largest absolute Gasteiger partial charge is 0.481 e. The lowest BCUT2D eigenvalue weighted by Gasteiger charge is -2.40. The van der Waals surface area contributed by atoms with E-state index >= 15 is 0 Å². The fourth-order valence-corrected chi connectivity index (χ4v) is 11.8. The van der Waals surface area contributed by atoms with Crippen LogP contribution in [0.4, 0.5) is 0 Å². The number of aliphatic hydroxyl groups is 5. The van der Waals surface area contributed by atoms with Gasteiger partial charge in [0.25, 0.3) is 0 Å². The molecule has 44 nitrogen and oxygen atoms in total. The normalized spacial score (nSPS) is 19.7. The number of hydrogen-bond acceptors (Lipinski definition) is 27. The zero-order valence-electron chi connectivity index (χ0n) is 64.5. The van der Waals surface area contributed by atoms with E-state index in [1.165, 1.54) is 19.1 Å². The summed E-state index contributed by atoms with van der Waals surface area (Å²) in [6.45, 7) is 1.68. The van der Waals surface area contributed by atoms with E-state index in [-0.39, 0.29) is 83.6 Å². The van der Waals surface area contributed by atoms with Crippen LogP contribution >= 0.6 is 0 Å². The molecule has 2 aliphatic heterocycles. The Morgan fingerprint density at radius 1 is 0.583 bits per heavy atom. The maximum absolute atomic E-state index is 14.5. The van der Waals surface area contributed by atoms with Gasteiger partial charge >= 0.3 is 17.9 Å². The Morgan fingerprint density at radius 3 is 1.66 bits per heavy atom. The maximum atomic E-state index is 14.5. The van der Waals surface area contributed by atoms with Gasteiger partial charge in [-0.3, -0.25) is 76.7 Å². The van der Waals surface area contributed by atoms with Crippen LogP contribution in [0.25, 0.3) is 0 Å². The number of ether oxygens (including phenoxy) is 2. The van der Waals surface area contributed by atoms with E-state index in [0.29, 0.717) is 18.4 Å². The van der Waals surface area contributed by atoms with Crippen LogP contribution in [-0.2, 0) is 97.4 Å². The molecule has 1 unspecified atom stereocenters. The van der Waals surface area contributed by atoms with Gasteiger partial charge in [0.1, 0.15) is 72.8 Å².